The number of hydrogen-bond acceptors (Lipinski definition) is 5. The van der Waals surface area contributed by atoms with Gasteiger partial charge in [-0.3, -0.25) is 9.62 Å². The first-order chi connectivity index (χ1) is 15.9. The first kappa shape index (κ1) is 21.4. The molecular formula is C24H25N5O3S. The fraction of sp³-hybridized carbons (Fsp3) is 0.292. The van der Waals surface area contributed by atoms with Crippen molar-refractivity contribution in [1.82, 2.24) is 14.9 Å². The minimum atomic E-state index is -3.36. The van der Waals surface area contributed by atoms with Crippen LogP contribution in [0, 0.1) is 0 Å². The highest BCUT2D eigenvalue weighted by Crippen LogP contribution is 2.47. The second-order valence-corrected chi connectivity index (χ2v) is 10.5. The Labute approximate surface area is 193 Å². The summed E-state index contributed by atoms with van der Waals surface area (Å²) < 4.78 is 26.2. The highest BCUT2D eigenvalue weighted by Gasteiger charge is 2.47. The number of benzene rings is 2. The van der Waals surface area contributed by atoms with Gasteiger partial charge in [-0.05, 0) is 30.5 Å². The highest BCUT2D eigenvalue weighted by molar-refractivity contribution is 7.92. The van der Waals surface area contributed by atoms with Crippen molar-refractivity contribution in [1.29, 1.82) is 0 Å². The van der Waals surface area contributed by atoms with Crippen LogP contribution in [0.5, 0.6) is 0 Å². The number of para-hydroxylation sites is 1. The van der Waals surface area contributed by atoms with Crippen molar-refractivity contribution >= 4 is 27.7 Å². The molecule has 2 amide bonds. The molecule has 9 heteroatoms. The van der Waals surface area contributed by atoms with Gasteiger partial charge in [0, 0.05) is 36.8 Å². The lowest BCUT2D eigenvalue weighted by molar-refractivity contribution is 0.173. The molecule has 0 unspecified atom stereocenters. The molecule has 1 saturated heterocycles. The predicted molar refractivity (Wildman–Crippen MR) is 128 cm³/mol. The SMILES string of the molecule is CS(=O)(=O)N1CC2(CCN(C(=O)Nc3nccc(-c4ccccc4)n3)CC2)c2ccccc21. The summed E-state index contributed by atoms with van der Waals surface area (Å²) in [6.45, 7) is 1.47. The maximum Gasteiger partial charge on any atom is 0.324 e. The Kier molecular flexibility index (Phi) is 5.28. The third-order valence-corrected chi connectivity index (χ3v) is 7.67. The van der Waals surface area contributed by atoms with E-state index in [0.29, 0.717) is 32.5 Å². The van der Waals surface area contributed by atoms with Crippen LogP contribution in [0.4, 0.5) is 16.4 Å². The summed E-state index contributed by atoms with van der Waals surface area (Å²) in [5.74, 6) is 0.260. The lowest BCUT2D eigenvalue weighted by Crippen LogP contribution is -2.49. The van der Waals surface area contributed by atoms with Crippen LogP contribution in [0.15, 0.2) is 66.9 Å². The second kappa shape index (κ2) is 8.15. The summed E-state index contributed by atoms with van der Waals surface area (Å²) >= 11 is 0. The molecule has 0 radical (unpaired) electrons. The fourth-order valence-electron chi connectivity index (χ4n) is 4.81. The van der Waals surface area contributed by atoms with Gasteiger partial charge in [-0.2, -0.15) is 0 Å². The quantitative estimate of drug-likeness (QED) is 0.642. The average molecular weight is 464 g/mol. The summed E-state index contributed by atoms with van der Waals surface area (Å²) in [6.07, 6.45) is 4.25. The van der Waals surface area contributed by atoms with Gasteiger partial charge in [-0.15, -0.1) is 0 Å². The minimum absolute atomic E-state index is 0.249. The first-order valence-corrected chi connectivity index (χ1v) is 12.7. The molecule has 8 nitrogen and oxygen atoms in total. The predicted octanol–water partition coefficient (Wildman–Crippen LogP) is 3.49. The molecule has 170 valence electrons. The third kappa shape index (κ3) is 4.04. The van der Waals surface area contributed by atoms with Crippen molar-refractivity contribution in [2.45, 2.75) is 18.3 Å². The van der Waals surface area contributed by atoms with E-state index in [1.54, 1.807) is 17.2 Å². The lowest BCUT2D eigenvalue weighted by atomic mass is 9.74. The number of nitrogens with one attached hydrogen (secondary N) is 1. The van der Waals surface area contributed by atoms with Crippen LogP contribution in [0.25, 0.3) is 11.3 Å². The maximum atomic E-state index is 12.9. The molecule has 2 aromatic carbocycles. The molecule has 3 heterocycles. The van der Waals surface area contributed by atoms with Gasteiger partial charge >= 0.3 is 6.03 Å². The van der Waals surface area contributed by atoms with Crippen LogP contribution < -0.4 is 9.62 Å². The smallest absolute Gasteiger partial charge is 0.324 e. The molecule has 1 fully saturated rings. The second-order valence-electron chi connectivity index (χ2n) is 8.62. The van der Waals surface area contributed by atoms with Crippen molar-refractivity contribution < 1.29 is 13.2 Å². The van der Waals surface area contributed by atoms with Crippen molar-refractivity contribution in [3.05, 3.63) is 72.4 Å². The Morgan fingerprint density at radius 2 is 1.70 bits per heavy atom. The van der Waals surface area contributed by atoms with Crippen LogP contribution in [0.1, 0.15) is 18.4 Å². The molecule has 2 aliphatic heterocycles. The van der Waals surface area contributed by atoms with Crippen LogP contribution in [-0.2, 0) is 15.4 Å². The zero-order chi connectivity index (χ0) is 23.1. The molecular weight excluding hydrogens is 438 g/mol. The molecule has 0 aliphatic carbocycles. The molecule has 1 N–H and O–H groups in total. The van der Waals surface area contributed by atoms with Crippen LogP contribution in [0.2, 0.25) is 0 Å². The van der Waals surface area contributed by atoms with E-state index in [1.807, 2.05) is 54.6 Å². The Hall–Kier alpha value is -3.46. The number of hydrogen-bond donors (Lipinski definition) is 1. The van der Waals surface area contributed by atoms with Crippen LogP contribution in [-0.4, -0.2) is 55.2 Å². The van der Waals surface area contributed by atoms with Gasteiger partial charge in [0.2, 0.25) is 16.0 Å². The summed E-state index contributed by atoms with van der Waals surface area (Å²) in [5.41, 5.74) is 3.21. The van der Waals surface area contributed by atoms with Gasteiger partial charge in [0.1, 0.15) is 0 Å². The van der Waals surface area contributed by atoms with Gasteiger partial charge in [0.25, 0.3) is 0 Å². The molecule has 0 saturated carbocycles. The van der Waals surface area contributed by atoms with E-state index >= 15 is 0 Å². The molecule has 2 aliphatic rings. The van der Waals surface area contributed by atoms with Gasteiger partial charge in [-0.25, -0.2) is 23.2 Å². The highest BCUT2D eigenvalue weighted by atomic mass is 32.2. The van der Waals surface area contributed by atoms with Gasteiger partial charge < -0.3 is 4.90 Å². The monoisotopic (exact) mass is 463 g/mol. The van der Waals surface area contributed by atoms with E-state index in [1.165, 1.54) is 10.6 Å². The largest absolute Gasteiger partial charge is 0.324 e. The van der Waals surface area contributed by atoms with Crippen LogP contribution in [0.3, 0.4) is 0 Å². The number of rotatable bonds is 3. The Bertz CT molecular complexity index is 1290. The summed E-state index contributed by atoms with van der Waals surface area (Å²) in [5, 5.41) is 2.81. The van der Waals surface area contributed by atoms with Crippen molar-refractivity contribution in [3.63, 3.8) is 0 Å². The molecule has 0 atom stereocenters. The number of aromatic nitrogens is 2. The Balaban J connectivity index is 1.29. The van der Waals surface area contributed by atoms with Crippen molar-refractivity contribution in [3.8, 4) is 11.3 Å². The molecule has 5 rings (SSSR count). The topological polar surface area (TPSA) is 95.5 Å². The molecule has 0 bridgehead atoms. The molecule has 1 spiro atoms. The first-order valence-electron chi connectivity index (χ1n) is 10.9. The normalized spacial score (nSPS) is 17.1. The maximum absolute atomic E-state index is 12.9. The molecule has 1 aromatic heterocycles. The number of anilines is 2. The Morgan fingerprint density at radius 3 is 2.42 bits per heavy atom. The number of piperidine rings is 1. The molecule has 3 aromatic rings. The number of carbonyl (C=O) groups is 1. The number of fused-ring (bicyclic) bond motifs is 2. The van der Waals surface area contributed by atoms with E-state index in [9.17, 15) is 13.2 Å². The summed E-state index contributed by atoms with van der Waals surface area (Å²) in [4.78, 5) is 23.3. The van der Waals surface area contributed by atoms with Gasteiger partial charge in [-0.1, -0.05) is 48.5 Å². The molecule has 33 heavy (non-hydrogen) atoms. The number of urea groups is 1. The number of amides is 2. The van der Waals surface area contributed by atoms with Crippen LogP contribution >= 0.6 is 0 Å². The van der Waals surface area contributed by atoms with Gasteiger partial charge in [0.05, 0.1) is 17.6 Å². The van der Waals surface area contributed by atoms with Crippen molar-refractivity contribution in [2.75, 3.05) is 35.5 Å². The number of carbonyl (C=O) groups excluding carboxylic acids is 1. The zero-order valence-electron chi connectivity index (χ0n) is 18.3. The van der Waals surface area contributed by atoms with E-state index in [-0.39, 0.29) is 17.4 Å². The lowest BCUT2D eigenvalue weighted by Gasteiger charge is -2.39. The fourth-order valence-corrected chi connectivity index (χ4v) is 5.81. The number of likely N-dealkylation sites (tertiary alicyclic amines) is 1. The average Bonchev–Trinajstić information content (AvgIpc) is 3.15. The Morgan fingerprint density at radius 1 is 1.00 bits per heavy atom. The van der Waals surface area contributed by atoms with E-state index in [4.69, 9.17) is 0 Å². The van der Waals surface area contributed by atoms with E-state index in [0.717, 1.165) is 22.5 Å². The minimum Gasteiger partial charge on any atom is -0.324 e. The standard InChI is InChI=1S/C24H25N5O3S/c1-33(31,32)29-17-24(19-9-5-6-10-21(19)29)12-15-28(16-13-24)23(30)27-22-25-14-11-20(26-22)18-7-3-2-4-8-18/h2-11,14H,12-13,15-17H2,1H3,(H,25,26,27,30). The summed E-state index contributed by atoms with van der Waals surface area (Å²) in [7, 11) is -3.36. The number of sulfonamides is 1. The third-order valence-electron chi connectivity index (χ3n) is 6.54. The van der Waals surface area contributed by atoms with Crippen molar-refractivity contribution in [2.24, 2.45) is 0 Å². The van der Waals surface area contributed by atoms with Gasteiger partial charge in [0.15, 0.2) is 0 Å². The number of nitrogens with zero attached hydrogens (tertiary/aromatic N) is 4. The van der Waals surface area contributed by atoms with E-state index < -0.39 is 10.0 Å². The summed E-state index contributed by atoms with van der Waals surface area (Å²) in [6, 6.07) is 19.0. The van der Waals surface area contributed by atoms with E-state index in [2.05, 4.69) is 15.3 Å². The zero-order valence-corrected chi connectivity index (χ0v) is 19.1.